The summed E-state index contributed by atoms with van der Waals surface area (Å²) in [4.78, 5) is 13.6. The summed E-state index contributed by atoms with van der Waals surface area (Å²) in [5.74, 6) is 0.0896. The first-order valence-corrected chi connectivity index (χ1v) is 10.9. The fourth-order valence-corrected chi connectivity index (χ4v) is 4.36. The van der Waals surface area contributed by atoms with E-state index in [9.17, 15) is 9.90 Å². The number of ether oxygens (including phenoxy) is 1. The number of piperidine rings is 1. The third-order valence-electron chi connectivity index (χ3n) is 6.11. The number of hydrogen-bond donors (Lipinski definition) is 1. The van der Waals surface area contributed by atoms with Crippen LogP contribution in [-0.2, 0) is 17.9 Å². The van der Waals surface area contributed by atoms with Crippen molar-refractivity contribution in [3.05, 3.63) is 89.5 Å². The lowest BCUT2D eigenvalue weighted by atomic mass is 9.97. The van der Waals surface area contributed by atoms with Crippen molar-refractivity contribution in [3.63, 3.8) is 0 Å². The Balaban J connectivity index is 1.45. The third-order valence-corrected chi connectivity index (χ3v) is 6.11. The molecule has 3 aromatic rings. The zero-order valence-electron chi connectivity index (χ0n) is 18.0. The molecule has 0 aromatic heterocycles. The van der Waals surface area contributed by atoms with Gasteiger partial charge in [-0.25, -0.2) is 0 Å². The van der Waals surface area contributed by atoms with E-state index in [1.54, 1.807) is 0 Å². The SMILES string of the molecule is Cc1c(COc2cccc(CN3CCCC[C@H]3C(=O)O)c2)cccc1-c1ccccc1. The van der Waals surface area contributed by atoms with Crippen LogP contribution in [0.1, 0.15) is 36.0 Å². The number of rotatable bonds is 7. The molecule has 160 valence electrons. The van der Waals surface area contributed by atoms with Crippen LogP contribution in [0.25, 0.3) is 11.1 Å². The van der Waals surface area contributed by atoms with Crippen LogP contribution in [-0.4, -0.2) is 28.6 Å². The average Bonchev–Trinajstić information content (AvgIpc) is 2.79. The van der Waals surface area contributed by atoms with Gasteiger partial charge < -0.3 is 9.84 Å². The van der Waals surface area contributed by atoms with Gasteiger partial charge in [-0.2, -0.15) is 0 Å². The second kappa shape index (κ2) is 9.80. The van der Waals surface area contributed by atoms with Crippen molar-refractivity contribution in [2.24, 2.45) is 0 Å². The Morgan fingerprint density at radius 1 is 1.03 bits per heavy atom. The Bertz CT molecular complexity index is 1030. The number of carbonyl (C=O) groups is 1. The van der Waals surface area contributed by atoms with Gasteiger partial charge in [-0.05, 0) is 66.3 Å². The summed E-state index contributed by atoms with van der Waals surface area (Å²) in [6.07, 6.45) is 2.76. The van der Waals surface area contributed by atoms with Gasteiger partial charge in [0.25, 0.3) is 0 Å². The van der Waals surface area contributed by atoms with E-state index in [1.807, 2.05) is 30.3 Å². The van der Waals surface area contributed by atoms with Gasteiger partial charge in [0, 0.05) is 6.54 Å². The van der Waals surface area contributed by atoms with E-state index in [1.165, 1.54) is 16.7 Å². The normalized spacial score (nSPS) is 16.7. The number of hydrogen-bond acceptors (Lipinski definition) is 3. The van der Waals surface area contributed by atoms with Gasteiger partial charge >= 0.3 is 5.97 Å². The number of carboxylic acids is 1. The highest BCUT2D eigenvalue weighted by molar-refractivity contribution is 5.73. The molecule has 3 aromatic carbocycles. The van der Waals surface area contributed by atoms with Crippen LogP contribution in [0.3, 0.4) is 0 Å². The van der Waals surface area contributed by atoms with Crippen LogP contribution in [0.4, 0.5) is 0 Å². The molecule has 0 amide bonds. The number of carboxylic acid groups (broad SMARTS) is 1. The van der Waals surface area contributed by atoms with E-state index < -0.39 is 5.97 Å². The van der Waals surface area contributed by atoms with Crippen LogP contribution in [0.15, 0.2) is 72.8 Å². The highest BCUT2D eigenvalue weighted by Gasteiger charge is 2.28. The molecule has 1 saturated heterocycles. The van der Waals surface area contributed by atoms with Gasteiger partial charge in [-0.1, -0.05) is 67.1 Å². The van der Waals surface area contributed by atoms with Crippen LogP contribution in [0, 0.1) is 6.92 Å². The lowest BCUT2D eigenvalue weighted by Gasteiger charge is -2.32. The zero-order chi connectivity index (χ0) is 21.6. The van der Waals surface area contributed by atoms with E-state index >= 15 is 0 Å². The molecule has 4 nitrogen and oxygen atoms in total. The van der Waals surface area contributed by atoms with Gasteiger partial charge in [0.2, 0.25) is 0 Å². The molecular weight excluding hydrogens is 386 g/mol. The minimum Gasteiger partial charge on any atom is -0.489 e. The van der Waals surface area contributed by atoms with Crippen molar-refractivity contribution in [1.29, 1.82) is 0 Å². The summed E-state index contributed by atoms with van der Waals surface area (Å²) < 4.78 is 6.13. The highest BCUT2D eigenvalue weighted by atomic mass is 16.5. The molecule has 0 radical (unpaired) electrons. The second-order valence-electron chi connectivity index (χ2n) is 8.21. The molecule has 1 aliphatic rings. The van der Waals surface area contributed by atoms with E-state index in [2.05, 4.69) is 54.3 Å². The first-order valence-electron chi connectivity index (χ1n) is 10.9. The average molecular weight is 416 g/mol. The van der Waals surface area contributed by atoms with Crippen molar-refractivity contribution < 1.29 is 14.6 Å². The number of aliphatic carboxylic acids is 1. The summed E-state index contributed by atoms with van der Waals surface area (Å²) in [5, 5.41) is 9.52. The summed E-state index contributed by atoms with van der Waals surface area (Å²) in [6, 6.07) is 24.4. The first-order chi connectivity index (χ1) is 15.1. The van der Waals surface area contributed by atoms with Crippen molar-refractivity contribution in [1.82, 2.24) is 4.90 Å². The largest absolute Gasteiger partial charge is 0.489 e. The van der Waals surface area contributed by atoms with Gasteiger partial charge in [0.1, 0.15) is 18.4 Å². The molecule has 1 aliphatic heterocycles. The van der Waals surface area contributed by atoms with Crippen molar-refractivity contribution in [3.8, 4) is 16.9 Å². The van der Waals surface area contributed by atoms with Gasteiger partial charge in [0.15, 0.2) is 0 Å². The van der Waals surface area contributed by atoms with E-state index in [0.29, 0.717) is 13.2 Å². The minimum atomic E-state index is -0.721. The zero-order valence-corrected chi connectivity index (χ0v) is 18.0. The Hall–Kier alpha value is -3.11. The van der Waals surface area contributed by atoms with E-state index in [4.69, 9.17) is 4.74 Å². The maximum absolute atomic E-state index is 11.6. The topological polar surface area (TPSA) is 49.8 Å². The Morgan fingerprint density at radius 2 is 1.84 bits per heavy atom. The highest BCUT2D eigenvalue weighted by Crippen LogP contribution is 2.27. The van der Waals surface area contributed by atoms with E-state index in [0.717, 1.165) is 42.7 Å². The molecule has 0 unspecified atom stereocenters. The van der Waals surface area contributed by atoms with Gasteiger partial charge in [-0.15, -0.1) is 0 Å². The van der Waals surface area contributed by atoms with Crippen molar-refractivity contribution in [2.75, 3.05) is 6.54 Å². The lowest BCUT2D eigenvalue weighted by Crippen LogP contribution is -2.43. The molecule has 1 N–H and O–H groups in total. The van der Waals surface area contributed by atoms with Gasteiger partial charge in [0.05, 0.1) is 0 Å². The predicted molar refractivity (Wildman–Crippen MR) is 123 cm³/mol. The molecule has 31 heavy (non-hydrogen) atoms. The molecule has 0 aliphatic carbocycles. The van der Waals surface area contributed by atoms with Crippen LogP contribution in [0.2, 0.25) is 0 Å². The Morgan fingerprint density at radius 3 is 2.65 bits per heavy atom. The fourth-order valence-electron chi connectivity index (χ4n) is 4.36. The molecule has 0 saturated carbocycles. The maximum atomic E-state index is 11.6. The molecule has 1 atom stereocenters. The quantitative estimate of drug-likeness (QED) is 0.539. The molecule has 4 rings (SSSR count). The summed E-state index contributed by atoms with van der Waals surface area (Å²) in [7, 11) is 0. The number of benzene rings is 3. The molecular formula is C27H29NO3. The van der Waals surface area contributed by atoms with E-state index in [-0.39, 0.29) is 6.04 Å². The molecule has 0 bridgehead atoms. The smallest absolute Gasteiger partial charge is 0.320 e. The maximum Gasteiger partial charge on any atom is 0.320 e. The minimum absolute atomic E-state index is 0.387. The molecule has 4 heteroatoms. The van der Waals surface area contributed by atoms with Crippen molar-refractivity contribution >= 4 is 5.97 Å². The number of likely N-dealkylation sites (tertiary alicyclic amines) is 1. The Labute approximate surface area is 184 Å². The molecule has 1 fully saturated rings. The predicted octanol–water partition coefficient (Wildman–Crippen LogP) is 5.68. The lowest BCUT2D eigenvalue weighted by molar-refractivity contribution is -0.144. The fraction of sp³-hybridized carbons (Fsp3) is 0.296. The first kappa shape index (κ1) is 21.1. The van der Waals surface area contributed by atoms with Crippen LogP contribution < -0.4 is 4.74 Å². The standard InChI is InChI=1S/C27H29NO3/c1-20-23(12-8-14-25(20)22-10-3-2-4-11-22)19-31-24-13-7-9-21(17-24)18-28-16-6-5-15-26(28)27(29)30/h2-4,7-14,17,26H,5-6,15-16,18-19H2,1H3,(H,29,30)/t26-/m0/s1. The molecule has 1 heterocycles. The third kappa shape index (κ3) is 5.15. The van der Waals surface area contributed by atoms with Crippen LogP contribution in [0.5, 0.6) is 5.75 Å². The number of nitrogens with zero attached hydrogens (tertiary/aromatic N) is 1. The van der Waals surface area contributed by atoms with Crippen molar-refractivity contribution in [2.45, 2.75) is 45.4 Å². The summed E-state index contributed by atoms with van der Waals surface area (Å²) in [5.41, 5.74) is 5.90. The summed E-state index contributed by atoms with van der Waals surface area (Å²) >= 11 is 0. The second-order valence-corrected chi connectivity index (χ2v) is 8.21. The van der Waals surface area contributed by atoms with Crippen LogP contribution >= 0.6 is 0 Å². The monoisotopic (exact) mass is 415 g/mol. The summed E-state index contributed by atoms with van der Waals surface area (Å²) in [6.45, 7) is 4.10. The Kier molecular flexibility index (Phi) is 6.68. The molecule has 0 spiro atoms. The van der Waals surface area contributed by atoms with Gasteiger partial charge in [-0.3, -0.25) is 9.69 Å².